The molecule has 6 amide bonds. The maximum atomic E-state index is 12.5. The monoisotopic (exact) mass is 1200 g/mol. The minimum Gasteiger partial charge on any atom is -0.394 e. The topological polar surface area (TPSA) is 252 Å². The van der Waals surface area contributed by atoms with Crippen LogP contribution in [0.5, 0.6) is 0 Å². The van der Waals surface area contributed by atoms with E-state index in [1.54, 1.807) is 45.7 Å². The van der Waals surface area contributed by atoms with Crippen molar-refractivity contribution in [2.75, 3.05) is 78.9 Å². The van der Waals surface area contributed by atoms with Crippen LogP contribution in [-0.4, -0.2) is 180 Å². The van der Waals surface area contributed by atoms with Crippen LogP contribution in [0.15, 0.2) is 0 Å². The zero-order valence-electron chi connectivity index (χ0n) is 42.4. The Morgan fingerprint density at radius 2 is 0.709 bits per heavy atom. The molecule has 464 valence electrons. The highest BCUT2D eigenvalue weighted by molar-refractivity contribution is 5.83. The molecule has 1 rings (SSSR count). The molecule has 0 bridgehead atoms. The molecule has 36 heteroatoms. The van der Waals surface area contributed by atoms with Crippen LogP contribution in [0.4, 0.5) is 79.0 Å². The first kappa shape index (κ1) is 74.3. The lowest BCUT2D eigenvalue weighted by molar-refractivity contribution is -0.173. The highest BCUT2D eigenvalue weighted by Gasteiger charge is 2.43. The van der Waals surface area contributed by atoms with E-state index in [1.807, 2.05) is 0 Å². The van der Waals surface area contributed by atoms with Crippen LogP contribution in [0.2, 0.25) is 0 Å². The fourth-order valence-electron chi connectivity index (χ4n) is 7.49. The van der Waals surface area contributed by atoms with Crippen molar-refractivity contribution in [1.29, 1.82) is 0 Å². The molecule has 1 saturated heterocycles. The third kappa shape index (κ3) is 33.0. The van der Waals surface area contributed by atoms with E-state index in [0.29, 0.717) is 0 Å². The Hall–Kier alpha value is -4.68. The van der Waals surface area contributed by atoms with Gasteiger partial charge in [0.25, 0.3) is 0 Å². The Kier molecular flexibility index (Phi) is 31.3. The van der Waals surface area contributed by atoms with Crippen LogP contribution in [0.25, 0.3) is 0 Å². The Bertz CT molecular complexity index is 1700. The van der Waals surface area contributed by atoms with Crippen molar-refractivity contribution in [3.63, 3.8) is 0 Å². The van der Waals surface area contributed by atoms with Crippen molar-refractivity contribution in [2.45, 2.75) is 146 Å². The molecule has 0 aromatic rings. The number of rotatable bonds is 33. The zero-order valence-corrected chi connectivity index (χ0v) is 42.4. The number of amides is 6. The second kappa shape index (κ2) is 33.3. The van der Waals surface area contributed by atoms with Gasteiger partial charge in [-0.15, -0.1) is 0 Å². The number of hydrogen-bond donors (Lipinski definition) is 8. The third-order valence-electron chi connectivity index (χ3n) is 11.3. The Labute approximate surface area is 439 Å². The number of nitrogens with one attached hydrogen (secondary N) is 6. The van der Waals surface area contributed by atoms with E-state index in [-0.39, 0.29) is 103 Å². The van der Waals surface area contributed by atoms with Crippen molar-refractivity contribution in [1.82, 2.24) is 31.9 Å². The van der Waals surface area contributed by atoms with Gasteiger partial charge in [0.2, 0.25) is 0 Å². The average molecular weight is 1200 g/mol. The molecule has 0 saturated carbocycles. The van der Waals surface area contributed by atoms with Crippen molar-refractivity contribution in [3.8, 4) is 0 Å². The van der Waals surface area contributed by atoms with Gasteiger partial charge in [-0.05, 0) is 102 Å². The van der Waals surface area contributed by atoms with E-state index < -0.39 is 154 Å². The summed E-state index contributed by atoms with van der Waals surface area (Å²) in [6.07, 6.45) is -33.1. The summed E-state index contributed by atoms with van der Waals surface area (Å²) in [5, 5.41) is 28.4. The van der Waals surface area contributed by atoms with E-state index in [9.17, 15) is 113 Å². The van der Waals surface area contributed by atoms with Crippen LogP contribution in [0, 0.1) is 10.8 Å². The maximum Gasteiger partial charge on any atom is 0.471 e. The highest BCUT2D eigenvalue weighted by Crippen LogP contribution is 2.38. The largest absolute Gasteiger partial charge is 0.471 e. The van der Waals surface area contributed by atoms with Crippen molar-refractivity contribution in [2.24, 2.45) is 10.8 Å². The van der Waals surface area contributed by atoms with Gasteiger partial charge in [0.1, 0.15) is 12.2 Å². The lowest BCUT2D eigenvalue weighted by Crippen LogP contribution is -2.39. The van der Waals surface area contributed by atoms with E-state index >= 15 is 0 Å². The number of carbonyl (C=O) groups is 6. The summed E-state index contributed by atoms with van der Waals surface area (Å²) >= 11 is 0. The predicted octanol–water partition coefficient (Wildman–Crippen LogP) is 5.24. The second-order valence-corrected chi connectivity index (χ2v) is 18.5. The van der Waals surface area contributed by atoms with Crippen LogP contribution in [0.1, 0.15) is 90.9 Å². The van der Waals surface area contributed by atoms with Crippen LogP contribution in [-0.2, 0) is 47.7 Å². The second-order valence-electron chi connectivity index (χ2n) is 18.5. The Morgan fingerprint density at radius 3 is 0.911 bits per heavy atom. The molecule has 0 aliphatic carbocycles. The maximum absolute atomic E-state index is 12.5. The lowest BCUT2D eigenvalue weighted by atomic mass is 9.75. The average Bonchev–Trinajstić information content (AvgIpc) is 3.67. The summed E-state index contributed by atoms with van der Waals surface area (Å²) in [5.41, 5.74) is -2.14. The quantitative estimate of drug-likeness (QED) is 0.0311. The van der Waals surface area contributed by atoms with E-state index in [0.717, 1.165) is 0 Å². The molecule has 1 aliphatic rings. The van der Waals surface area contributed by atoms with E-state index in [1.165, 1.54) is 0 Å². The number of halogens is 18. The van der Waals surface area contributed by atoms with Crippen LogP contribution in [0.3, 0.4) is 0 Å². The normalized spacial score (nSPS) is 15.8. The number of aliphatic hydroxyl groups is 2. The first-order valence-corrected chi connectivity index (χ1v) is 23.9. The molecule has 0 aromatic heterocycles. The third-order valence-corrected chi connectivity index (χ3v) is 11.3. The molecule has 0 radical (unpaired) electrons. The van der Waals surface area contributed by atoms with Crippen molar-refractivity contribution < 1.29 is 137 Å². The number of aliphatic hydroxyl groups excluding tert-OH is 2. The van der Waals surface area contributed by atoms with Crippen molar-refractivity contribution in [3.05, 3.63) is 0 Å². The molecule has 2 atom stereocenters. The molecule has 1 fully saturated rings. The molecule has 0 spiro atoms. The molecule has 0 aromatic carbocycles. The van der Waals surface area contributed by atoms with Gasteiger partial charge < -0.3 is 61.1 Å². The SMILES string of the molecule is CC1(C)OCC(COCC(CCCNC(=O)C(F)(F)F)(CCCNC(=O)C(F)(F)F)CCCNC(=O)C(F)(F)F)O1.O=C(NCCCC(CCCNC(=O)C(F)(F)F)(CCCNC(=O)C(F)(F)F)COCC(O)CO)C(F)(F)F. The van der Waals surface area contributed by atoms with Gasteiger partial charge in [-0.1, -0.05) is 0 Å². The first-order valence-electron chi connectivity index (χ1n) is 23.9. The number of hydrogen-bond acceptors (Lipinski definition) is 12. The molecule has 1 aliphatic heterocycles. The Morgan fingerprint density at radius 1 is 0.468 bits per heavy atom. The van der Waals surface area contributed by atoms with Crippen LogP contribution < -0.4 is 31.9 Å². The molecule has 1 heterocycles. The van der Waals surface area contributed by atoms with Gasteiger partial charge >= 0.3 is 72.5 Å². The minimum atomic E-state index is -5.14. The van der Waals surface area contributed by atoms with Gasteiger partial charge in [-0.3, -0.25) is 28.8 Å². The fourth-order valence-corrected chi connectivity index (χ4v) is 7.49. The summed E-state index contributed by atoms with van der Waals surface area (Å²) in [6, 6.07) is 0. The molecule has 8 N–H and O–H groups in total. The molecular weight excluding hydrogens is 1130 g/mol. The summed E-state index contributed by atoms with van der Waals surface area (Å²) in [4.78, 5) is 66.4. The van der Waals surface area contributed by atoms with Gasteiger partial charge in [0, 0.05) is 39.3 Å². The number of carbonyl (C=O) groups excluding carboxylic acids is 6. The molecule has 2 unspecified atom stereocenters. The number of alkyl halides is 18. The summed E-state index contributed by atoms with van der Waals surface area (Å²) in [7, 11) is 0. The van der Waals surface area contributed by atoms with E-state index in [2.05, 4.69) is 0 Å². The molecular formula is C43H64F18N6O12. The van der Waals surface area contributed by atoms with Gasteiger partial charge in [0.15, 0.2) is 5.79 Å². The predicted molar refractivity (Wildman–Crippen MR) is 234 cm³/mol. The summed E-state index contributed by atoms with van der Waals surface area (Å²) < 4.78 is 246. The molecule has 79 heavy (non-hydrogen) atoms. The molecule has 18 nitrogen and oxygen atoms in total. The fraction of sp³-hybridized carbons (Fsp3) is 0.860. The zero-order chi connectivity index (χ0) is 61.2. The first-order chi connectivity index (χ1) is 36.0. The number of ether oxygens (including phenoxy) is 4. The smallest absolute Gasteiger partial charge is 0.394 e. The Balaban J connectivity index is 0.00000155. The van der Waals surface area contributed by atoms with Gasteiger partial charge in [0.05, 0.1) is 39.6 Å². The minimum absolute atomic E-state index is 0.00832. The lowest BCUT2D eigenvalue weighted by Gasteiger charge is -2.35. The highest BCUT2D eigenvalue weighted by atomic mass is 19.4. The summed E-state index contributed by atoms with van der Waals surface area (Å²) in [5.74, 6) is -14.0. The van der Waals surface area contributed by atoms with E-state index in [4.69, 9.17) is 24.1 Å². The van der Waals surface area contributed by atoms with Crippen LogP contribution >= 0.6 is 0 Å². The standard InChI is InChI=1S/C23H34F9N3O6.C20H30F9N3O6/c1-19(2)40-13-15(41-19)12-39-14-20(6-3-9-33-16(36)21(24,25)26,7-4-10-34-17(37)22(27,28)29)8-5-11-35-18(38)23(30,31)32;21-18(22,23)14(35)30-7-1-4-17(12-38-11-13(34)10-33,5-2-8-31-15(36)19(24,25)26)6-3-9-32-16(37)20(27,28)29/h15H,3-14H2,1-2H3,(H,33,36)(H,34,37)(H,35,38);13,33-34H,1-12H2,(H,30,35)(H,31,36)(H,32,37). The summed E-state index contributed by atoms with van der Waals surface area (Å²) in [6.45, 7) is -0.758. The van der Waals surface area contributed by atoms with Gasteiger partial charge in [-0.25, -0.2) is 0 Å². The van der Waals surface area contributed by atoms with Gasteiger partial charge in [-0.2, -0.15) is 79.0 Å². The van der Waals surface area contributed by atoms with Crippen molar-refractivity contribution >= 4 is 35.4 Å².